The smallest absolute Gasteiger partial charge is 0.310 e. The number of aliphatic hydroxyl groups is 1. The number of hydrogen-bond acceptors (Lipinski definition) is 4. The molecular weight excluding hydrogens is 514 g/mol. The molecule has 1 aliphatic heterocycles. The number of amides is 1. The summed E-state index contributed by atoms with van der Waals surface area (Å²) in [6, 6.07) is 0. The lowest BCUT2D eigenvalue weighted by Gasteiger charge is -2.71. The number of rotatable bonds is 2. The Morgan fingerprint density at radius 2 is 1.56 bits per heavy atom. The molecule has 6 heteroatoms. The molecule has 0 bridgehead atoms. The zero-order valence-electron chi connectivity index (χ0n) is 26.7. The zero-order chi connectivity index (χ0) is 29.8. The minimum atomic E-state index is -0.652. The molecule has 1 saturated heterocycles. The Hall–Kier alpha value is -1.40. The Morgan fingerprint density at radius 3 is 2.22 bits per heavy atom. The van der Waals surface area contributed by atoms with E-state index >= 15 is 0 Å². The molecular formula is C35H55NO5. The van der Waals surface area contributed by atoms with Crippen molar-refractivity contribution < 1.29 is 24.5 Å². The number of aliphatic hydroxyl groups excluding tert-OH is 1. The van der Waals surface area contributed by atoms with Crippen LogP contribution in [0.25, 0.3) is 0 Å². The van der Waals surface area contributed by atoms with Crippen LogP contribution in [-0.4, -0.2) is 59.4 Å². The third kappa shape index (κ3) is 3.94. The predicted molar refractivity (Wildman–Crippen MR) is 159 cm³/mol. The quantitative estimate of drug-likeness (QED) is 0.380. The van der Waals surface area contributed by atoms with Gasteiger partial charge in [0.05, 0.1) is 30.7 Å². The second-order valence-corrected chi connectivity index (χ2v) is 17.2. The molecule has 1 heterocycles. The van der Waals surface area contributed by atoms with Crippen LogP contribution in [0.1, 0.15) is 106 Å². The Balaban J connectivity index is 1.40. The molecule has 41 heavy (non-hydrogen) atoms. The molecule has 0 spiro atoms. The van der Waals surface area contributed by atoms with Crippen LogP contribution in [0.3, 0.4) is 0 Å². The maximum atomic E-state index is 14.0. The Labute approximate surface area is 247 Å². The molecule has 1 amide bonds. The fraction of sp³-hybridized carbons (Fsp3) is 0.886. The SMILES string of the molecule is CC1(C)CC[C@]2(C(=O)O)CC[C@]3(C)C(=CC[C@@H]4[C@@]5(C)C[C@@H](C(=O)N6CCOCC6)[C@H](O)C(C)(C)[C@@H]5CC[C@]43C)[C@@H]2C1. The fourth-order valence-corrected chi connectivity index (χ4v) is 12.1. The van der Waals surface area contributed by atoms with Crippen LogP contribution in [0.5, 0.6) is 0 Å². The Bertz CT molecular complexity index is 1140. The number of ether oxygens (including phenoxy) is 1. The van der Waals surface area contributed by atoms with Crippen molar-refractivity contribution in [2.24, 2.45) is 56.2 Å². The predicted octanol–water partition coefficient (Wildman–Crippen LogP) is 6.32. The summed E-state index contributed by atoms with van der Waals surface area (Å²) >= 11 is 0. The highest BCUT2D eigenvalue weighted by molar-refractivity contribution is 5.80. The first-order valence-corrected chi connectivity index (χ1v) is 16.5. The molecule has 0 aromatic rings. The zero-order valence-corrected chi connectivity index (χ0v) is 26.7. The number of carbonyl (C=O) groups is 2. The lowest BCUT2D eigenvalue weighted by Crippen LogP contribution is -2.67. The van der Waals surface area contributed by atoms with E-state index in [9.17, 15) is 19.8 Å². The van der Waals surface area contributed by atoms with E-state index in [1.165, 1.54) is 5.57 Å². The molecule has 0 radical (unpaired) electrons. The molecule has 4 saturated carbocycles. The number of carboxylic acid groups (broad SMARTS) is 1. The molecule has 2 N–H and O–H groups in total. The summed E-state index contributed by atoms with van der Waals surface area (Å²) in [6.07, 6.45) is 10.1. The van der Waals surface area contributed by atoms with E-state index < -0.39 is 23.4 Å². The largest absolute Gasteiger partial charge is 0.481 e. The van der Waals surface area contributed by atoms with Crippen LogP contribution < -0.4 is 0 Å². The van der Waals surface area contributed by atoms with Crippen molar-refractivity contribution in [2.45, 2.75) is 112 Å². The van der Waals surface area contributed by atoms with Crippen molar-refractivity contribution in [3.8, 4) is 0 Å². The summed E-state index contributed by atoms with van der Waals surface area (Å²) in [4.78, 5) is 28.8. The van der Waals surface area contributed by atoms with E-state index in [2.05, 4.69) is 54.5 Å². The first-order valence-electron chi connectivity index (χ1n) is 16.5. The van der Waals surface area contributed by atoms with Crippen molar-refractivity contribution in [1.29, 1.82) is 0 Å². The summed E-state index contributed by atoms with van der Waals surface area (Å²) in [5, 5.41) is 22.4. The number of carboxylic acids is 1. The molecule has 5 fully saturated rings. The molecule has 0 aromatic carbocycles. The van der Waals surface area contributed by atoms with Gasteiger partial charge in [-0.3, -0.25) is 9.59 Å². The van der Waals surface area contributed by atoms with Gasteiger partial charge in [0.1, 0.15) is 0 Å². The molecule has 9 atom stereocenters. The van der Waals surface area contributed by atoms with E-state index in [1.54, 1.807) is 0 Å². The van der Waals surface area contributed by atoms with Gasteiger partial charge in [0.25, 0.3) is 0 Å². The van der Waals surface area contributed by atoms with Crippen molar-refractivity contribution in [3.05, 3.63) is 11.6 Å². The normalized spacial score (nSPS) is 48.5. The van der Waals surface area contributed by atoms with Crippen molar-refractivity contribution in [2.75, 3.05) is 26.3 Å². The van der Waals surface area contributed by atoms with Crippen LogP contribution >= 0.6 is 0 Å². The first-order chi connectivity index (χ1) is 19.0. The number of aliphatic carboxylic acids is 1. The lowest BCUT2D eigenvalue weighted by atomic mass is 9.33. The van der Waals surface area contributed by atoms with Crippen molar-refractivity contribution in [3.63, 3.8) is 0 Å². The lowest BCUT2D eigenvalue weighted by molar-refractivity contribution is -0.222. The Kier molecular flexibility index (Phi) is 6.73. The van der Waals surface area contributed by atoms with Gasteiger partial charge >= 0.3 is 5.97 Å². The number of morpholine rings is 1. The summed E-state index contributed by atoms with van der Waals surface area (Å²) in [5.74, 6) is -0.0428. The van der Waals surface area contributed by atoms with E-state index in [1.807, 2.05) is 4.90 Å². The van der Waals surface area contributed by atoms with Gasteiger partial charge in [-0.2, -0.15) is 0 Å². The fourth-order valence-electron chi connectivity index (χ4n) is 12.1. The van der Waals surface area contributed by atoms with Gasteiger partial charge in [-0.15, -0.1) is 0 Å². The molecule has 230 valence electrons. The first kappa shape index (κ1) is 29.7. The van der Waals surface area contributed by atoms with Gasteiger partial charge < -0.3 is 19.8 Å². The highest BCUT2D eigenvalue weighted by Crippen LogP contribution is 2.76. The van der Waals surface area contributed by atoms with Gasteiger partial charge in [0, 0.05) is 13.1 Å². The van der Waals surface area contributed by atoms with Gasteiger partial charge in [0.2, 0.25) is 5.91 Å². The second-order valence-electron chi connectivity index (χ2n) is 17.2. The second kappa shape index (κ2) is 9.30. The van der Waals surface area contributed by atoms with Crippen LogP contribution in [0.4, 0.5) is 0 Å². The van der Waals surface area contributed by atoms with Crippen LogP contribution in [-0.2, 0) is 14.3 Å². The van der Waals surface area contributed by atoms with E-state index in [0.717, 1.165) is 57.8 Å². The number of allylic oxidation sites excluding steroid dienone is 2. The van der Waals surface area contributed by atoms with Gasteiger partial charge in [0.15, 0.2) is 0 Å². The number of nitrogens with zero attached hydrogens (tertiary/aromatic N) is 1. The summed E-state index contributed by atoms with van der Waals surface area (Å²) in [6.45, 7) is 18.9. The summed E-state index contributed by atoms with van der Waals surface area (Å²) in [7, 11) is 0. The number of fused-ring (bicyclic) bond motifs is 7. The average molecular weight is 570 g/mol. The van der Waals surface area contributed by atoms with Gasteiger partial charge in [-0.25, -0.2) is 0 Å². The molecule has 5 aliphatic carbocycles. The topological polar surface area (TPSA) is 87.1 Å². The molecule has 0 aromatic heterocycles. The van der Waals surface area contributed by atoms with Crippen molar-refractivity contribution >= 4 is 11.9 Å². The van der Waals surface area contributed by atoms with E-state index in [-0.39, 0.29) is 38.9 Å². The molecule has 6 rings (SSSR count). The number of carbonyl (C=O) groups excluding carboxylic acids is 1. The summed E-state index contributed by atoms with van der Waals surface area (Å²) in [5.41, 5.74) is 0.504. The van der Waals surface area contributed by atoms with Crippen LogP contribution in [0.2, 0.25) is 0 Å². The highest BCUT2D eigenvalue weighted by atomic mass is 16.5. The highest BCUT2D eigenvalue weighted by Gasteiger charge is 2.70. The van der Waals surface area contributed by atoms with Crippen LogP contribution in [0, 0.1) is 56.2 Å². The maximum absolute atomic E-state index is 14.0. The maximum Gasteiger partial charge on any atom is 0.310 e. The summed E-state index contributed by atoms with van der Waals surface area (Å²) < 4.78 is 5.53. The van der Waals surface area contributed by atoms with Crippen LogP contribution in [0.15, 0.2) is 11.6 Å². The average Bonchev–Trinajstić information content (AvgIpc) is 2.91. The monoisotopic (exact) mass is 569 g/mol. The van der Waals surface area contributed by atoms with Crippen molar-refractivity contribution in [1.82, 2.24) is 4.90 Å². The third-order valence-corrected chi connectivity index (χ3v) is 14.7. The molecule has 6 aliphatic rings. The minimum absolute atomic E-state index is 0.0273. The molecule has 6 nitrogen and oxygen atoms in total. The third-order valence-electron chi connectivity index (χ3n) is 14.7. The van der Waals surface area contributed by atoms with E-state index in [4.69, 9.17) is 4.74 Å². The molecule has 0 unspecified atom stereocenters. The van der Waals surface area contributed by atoms with Gasteiger partial charge in [-0.1, -0.05) is 60.1 Å². The van der Waals surface area contributed by atoms with E-state index in [0.29, 0.717) is 38.1 Å². The number of hydrogen-bond donors (Lipinski definition) is 2. The Morgan fingerprint density at radius 1 is 0.902 bits per heavy atom. The minimum Gasteiger partial charge on any atom is -0.481 e. The standard InChI is InChI=1S/C35H55NO5/c1-30(2)12-14-35(29(39)40)15-13-33(6)23(24(35)21-30)8-9-26-32(5)20-22(28(38)36-16-18-41-19-17-36)27(37)31(3,4)25(32)10-11-34(26,33)7/h8,22,24-27,37H,9-21H2,1-7H3,(H,39,40)/t22-,24+,25+,26-,27+,32+,33-,34-,35+/m1/s1. The van der Waals surface area contributed by atoms with Gasteiger partial charge in [-0.05, 0) is 103 Å².